The lowest BCUT2D eigenvalue weighted by molar-refractivity contribution is -0.0176. The van der Waals surface area contributed by atoms with Crippen LogP contribution in [0, 0.1) is 17.3 Å². The van der Waals surface area contributed by atoms with Crippen molar-refractivity contribution in [2.45, 2.75) is 51.0 Å². The van der Waals surface area contributed by atoms with E-state index >= 15 is 0 Å². The van der Waals surface area contributed by atoms with Gasteiger partial charge in [0.1, 0.15) is 5.75 Å². The smallest absolute Gasteiger partial charge is 0.184 e. The third-order valence-corrected chi connectivity index (χ3v) is 6.96. The van der Waals surface area contributed by atoms with E-state index in [1.807, 2.05) is 6.07 Å². The number of nitrogens with zero attached hydrogens (tertiary/aromatic N) is 1. The summed E-state index contributed by atoms with van der Waals surface area (Å²) in [7, 11) is 0. The Kier molecular flexibility index (Phi) is 4.00. The highest BCUT2D eigenvalue weighted by atomic mass is 32.1. The second-order valence-electron chi connectivity index (χ2n) is 8.02. The average Bonchev–Trinajstić information content (AvgIpc) is 2.88. The fourth-order valence-electron chi connectivity index (χ4n) is 5.61. The zero-order valence-corrected chi connectivity index (χ0v) is 15.2. The summed E-state index contributed by atoms with van der Waals surface area (Å²) < 4.78 is 0. The van der Waals surface area contributed by atoms with Crippen LogP contribution in [0.2, 0.25) is 0 Å². The van der Waals surface area contributed by atoms with Gasteiger partial charge in [0, 0.05) is 5.56 Å². The number of thiocarbonyl (C=S) groups is 1. The largest absolute Gasteiger partial charge is 0.508 e. The van der Waals surface area contributed by atoms with E-state index in [1.165, 1.54) is 5.56 Å². The summed E-state index contributed by atoms with van der Waals surface area (Å²) >= 11 is 4.89. The molecule has 3 aliphatic carbocycles. The molecule has 5 N–H and O–H groups in total. The van der Waals surface area contributed by atoms with Gasteiger partial charge in [-0.3, -0.25) is 5.43 Å². The third-order valence-electron chi connectivity index (χ3n) is 6.86. The van der Waals surface area contributed by atoms with Crippen LogP contribution < -0.4 is 11.2 Å². The van der Waals surface area contributed by atoms with Gasteiger partial charge < -0.3 is 15.9 Å². The molecule has 2 saturated carbocycles. The van der Waals surface area contributed by atoms with Crippen LogP contribution in [0.1, 0.15) is 56.1 Å². The Morgan fingerprint density at radius 1 is 1.36 bits per heavy atom. The molecule has 0 spiro atoms. The maximum Gasteiger partial charge on any atom is 0.184 e. The Morgan fingerprint density at radius 3 is 2.92 bits per heavy atom. The summed E-state index contributed by atoms with van der Waals surface area (Å²) in [5.74, 6) is 1.66. The molecule has 0 bridgehead atoms. The molecule has 5 nitrogen and oxygen atoms in total. The van der Waals surface area contributed by atoms with Gasteiger partial charge in [-0.15, -0.1) is 0 Å². The van der Waals surface area contributed by atoms with E-state index in [0.717, 1.165) is 43.4 Å². The minimum absolute atomic E-state index is 0.0112. The second kappa shape index (κ2) is 5.95. The first-order valence-electron chi connectivity index (χ1n) is 9.03. The fraction of sp³-hybridized carbons (Fsp3) is 0.579. The first kappa shape index (κ1) is 16.8. The van der Waals surface area contributed by atoms with Crippen molar-refractivity contribution >= 4 is 23.0 Å². The molecule has 0 aliphatic heterocycles. The molecule has 5 atom stereocenters. The van der Waals surface area contributed by atoms with Crippen molar-refractivity contribution in [3.8, 4) is 5.75 Å². The molecule has 3 aliphatic rings. The van der Waals surface area contributed by atoms with Gasteiger partial charge in [-0.1, -0.05) is 13.0 Å². The number of hydrazone groups is 1. The standard InChI is InChI=1S/C19H25N3O2S/c1-19-7-6-12-11-3-2-10(23)8-14(11)16(21-22-18(20)25)9-13(12)15(19)4-5-17(19)24/h2-3,8,12-13,15,17,23-24H,4-7,9H2,1H3,(H3,20,22,25)/b21-16-/t12-,13-,15+,17+,19+/m1/s1. The number of phenolic OH excluding ortho intramolecular Hbond substituents is 1. The lowest BCUT2D eigenvalue weighted by atomic mass is 9.55. The molecular weight excluding hydrogens is 334 g/mol. The van der Waals surface area contributed by atoms with E-state index in [-0.39, 0.29) is 22.4 Å². The molecule has 2 fully saturated rings. The molecule has 0 saturated heterocycles. The summed E-state index contributed by atoms with van der Waals surface area (Å²) in [6.07, 6.45) is 4.71. The SMILES string of the molecule is C[C@]12CC[C@@H]3c4ccc(O)cc4/C(=N\NC(N)=S)C[C@H]3[C@@H]1CC[C@@H]2O. The number of nitrogens with one attached hydrogen (secondary N) is 1. The first-order chi connectivity index (χ1) is 11.9. The molecule has 0 aromatic heterocycles. The van der Waals surface area contributed by atoms with E-state index < -0.39 is 0 Å². The Balaban J connectivity index is 1.77. The number of hydrogen-bond acceptors (Lipinski definition) is 4. The molecule has 1 aromatic carbocycles. The lowest BCUT2D eigenvalue weighted by Gasteiger charge is -2.50. The van der Waals surface area contributed by atoms with Crippen molar-refractivity contribution in [1.82, 2.24) is 5.43 Å². The van der Waals surface area contributed by atoms with Gasteiger partial charge in [-0.05, 0) is 85.2 Å². The maximum atomic E-state index is 10.5. The molecule has 4 rings (SSSR count). The van der Waals surface area contributed by atoms with Gasteiger partial charge >= 0.3 is 0 Å². The van der Waals surface area contributed by atoms with Gasteiger partial charge in [0.05, 0.1) is 11.8 Å². The highest BCUT2D eigenvalue weighted by Gasteiger charge is 2.55. The number of aliphatic hydroxyl groups excluding tert-OH is 1. The second-order valence-corrected chi connectivity index (χ2v) is 8.46. The zero-order chi connectivity index (χ0) is 17.8. The minimum Gasteiger partial charge on any atom is -0.508 e. The average molecular weight is 359 g/mol. The number of aliphatic hydroxyl groups is 1. The van der Waals surface area contributed by atoms with Crippen molar-refractivity contribution in [2.24, 2.45) is 28.1 Å². The summed E-state index contributed by atoms with van der Waals surface area (Å²) in [4.78, 5) is 0. The number of phenols is 1. The summed E-state index contributed by atoms with van der Waals surface area (Å²) in [6, 6.07) is 5.59. The molecule has 0 amide bonds. The van der Waals surface area contributed by atoms with Gasteiger partial charge in [0.2, 0.25) is 0 Å². The molecular formula is C19H25N3O2S. The Hall–Kier alpha value is -1.66. The number of benzene rings is 1. The van der Waals surface area contributed by atoms with E-state index in [1.54, 1.807) is 12.1 Å². The van der Waals surface area contributed by atoms with Gasteiger partial charge in [-0.25, -0.2) is 0 Å². The molecule has 0 heterocycles. The highest BCUT2D eigenvalue weighted by molar-refractivity contribution is 7.80. The predicted molar refractivity (Wildman–Crippen MR) is 101 cm³/mol. The van der Waals surface area contributed by atoms with Crippen molar-refractivity contribution in [2.75, 3.05) is 0 Å². The molecule has 1 aromatic rings. The van der Waals surface area contributed by atoms with E-state index in [0.29, 0.717) is 17.8 Å². The van der Waals surface area contributed by atoms with E-state index in [4.69, 9.17) is 18.0 Å². The number of nitrogens with two attached hydrogens (primary N) is 1. The van der Waals surface area contributed by atoms with Crippen LogP contribution in [-0.2, 0) is 0 Å². The summed E-state index contributed by atoms with van der Waals surface area (Å²) in [6.45, 7) is 2.25. The van der Waals surface area contributed by atoms with Crippen LogP contribution in [0.5, 0.6) is 5.75 Å². The van der Waals surface area contributed by atoms with Crippen molar-refractivity contribution in [1.29, 1.82) is 0 Å². The van der Waals surface area contributed by atoms with Crippen molar-refractivity contribution < 1.29 is 10.2 Å². The van der Waals surface area contributed by atoms with Crippen LogP contribution in [0.25, 0.3) is 0 Å². The van der Waals surface area contributed by atoms with Crippen molar-refractivity contribution in [3.05, 3.63) is 29.3 Å². The van der Waals surface area contributed by atoms with Crippen LogP contribution in [0.4, 0.5) is 0 Å². The number of aromatic hydroxyl groups is 1. The highest BCUT2D eigenvalue weighted by Crippen LogP contribution is 2.60. The molecule has 0 radical (unpaired) electrons. The van der Waals surface area contributed by atoms with Gasteiger partial charge in [-0.2, -0.15) is 5.10 Å². The topological polar surface area (TPSA) is 90.9 Å². The third kappa shape index (κ3) is 2.62. The number of hydrogen-bond donors (Lipinski definition) is 4. The Labute approximate surface area is 153 Å². The van der Waals surface area contributed by atoms with Crippen LogP contribution in [0.15, 0.2) is 23.3 Å². The monoisotopic (exact) mass is 359 g/mol. The van der Waals surface area contributed by atoms with Crippen LogP contribution >= 0.6 is 12.2 Å². The quantitative estimate of drug-likeness (QED) is 0.457. The van der Waals surface area contributed by atoms with Gasteiger partial charge in [0.25, 0.3) is 0 Å². The molecule has 0 unspecified atom stereocenters. The van der Waals surface area contributed by atoms with Crippen LogP contribution in [-0.4, -0.2) is 27.1 Å². The van der Waals surface area contributed by atoms with Crippen molar-refractivity contribution in [3.63, 3.8) is 0 Å². The zero-order valence-electron chi connectivity index (χ0n) is 14.4. The molecule has 134 valence electrons. The summed E-state index contributed by atoms with van der Waals surface area (Å²) in [5.41, 5.74) is 11.4. The maximum absolute atomic E-state index is 10.5. The first-order valence-corrected chi connectivity index (χ1v) is 9.44. The minimum atomic E-state index is -0.199. The van der Waals surface area contributed by atoms with Gasteiger partial charge in [0.15, 0.2) is 5.11 Å². The van der Waals surface area contributed by atoms with E-state index in [2.05, 4.69) is 17.5 Å². The summed E-state index contributed by atoms with van der Waals surface area (Å²) in [5, 5.41) is 25.1. The molecule has 25 heavy (non-hydrogen) atoms. The molecule has 6 heteroatoms. The lowest BCUT2D eigenvalue weighted by Crippen LogP contribution is -2.45. The number of fused-ring (bicyclic) bond motifs is 5. The Bertz CT molecular complexity index is 750. The normalized spacial score (nSPS) is 37.9. The van der Waals surface area contributed by atoms with E-state index in [9.17, 15) is 10.2 Å². The van der Waals surface area contributed by atoms with Crippen LogP contribution in [0.3, 0.4) is 0 Å². The Morgan fingerprint density at radius 2 is 2.16 bits per heavy atom. The fourth-order valence-corrected chi connectivity index (χ4v) is 5.66. The number of rotatable bonds is 1. The predicted octanol–water partition coefficient (Wildman–Crippen LogP) is 2.60.